The van der Waals surface area contributed by atoms with Gasteiger partial charge in [0.25, 0.3) is 0 Å². The average Bonchev–Trinajstić information content (AvgIpc) is 2.47. The minimum Gasteiger partial charge on any atom is -0.497 e. The number of β-amino-alcohol motifs (C(OH)–C–C–N with tert-alkyl or cyclic N) is 1. The van der Waals surface area contributed by atoms with Crippen LogP contribution in [0.25, 0.3) is 0 Å². The van der Waals surface area contributed by atoms with Crippen molar-refractivity contribution in [1.82, 2.24) is 4.90 Å². The number of hydrogen-bond acceptors (Lipinski definition) is 5. The first kappa shape index (κ1) is 13.7. The van der Waals surface area contributed by atoms with Crippen LogP contribution < -0.4 is 9.64 Å². The van der Waals surface area contributed by atoms with Crippen LogP contribution in [0.5, 0.6) is 5.75 Å². The van der Waals surface area contributed by atoms with Gasteiger partial charge in [-0.15, -0.1) is 0 Å². The first-order valence-corrected chi connectivity index (χ1v) is 6.44. The Hall–Kier alpha value is -1.77. The van der Waals surface area contributed by atoms with E-state index in [1.807, 2.05) is 12.1 Å². The van der Waals surface area contributed by atoms with E-state index in [4.69, 9.17) is 9.84 Å². The predicted molar refractivity (Wildman–Crippen MR) is 73.4 cm³/mol. The lowest BCUT2D eigenvalue weighted by molar-refractivity contribution is 0.189. The van der Waals surface area contributed by atoms with Gasteiger partial charge in [-0.05, 0) is 12.1 Å². The van der Waals surface area contributed by atoms with Gasteiger partial charge in [0.15, 0.2) is 0 Å². The van der Waals surface area contributed by atoms with Crippen LogP contribution >= 0.6 is 0 Å². The number of nitrogens with zero attached hydrogens (tertiary/aromatic N) is 3. The van der Waals surface area contributed by atoms with Crippen LogP contribution in [0.1, 0.15) is 5.56 Å². The first-order valence-electron chi connectivity index (χ1n) is 6.44. The van der Waals surface area contributed by atoms with Crippen molar-refractivity contribution in [2.75, 3.05) is 51.3 Å². The van der Waals surface area contributed by atoms with Crippen LogP contribution in [0.2, 0.25) is 0 Å². The SMILES string of the molecule is COc1ccc(C#N)c(N2CCN(CCO)CC2)c1. The highest BCUT2D eigenvalue weighted by molar-refractivity contribution is 5.62. The van der Waals surface area contributed by atoms with Crippen LogP contribution in [0.4, 0.5) is 5.69 Å². The van der Waals surface area contributed by atoms with Crippen LogP contribution in [-0.2, 0) is 0 Å². The van der Waals surface area contributed by atoms with E-state index in [0.29, 0.717) is 5.56 Å². The molecule has 0 radical (unpaired) electrons. The third-order valence-corrected chi connectivity index (χ3v) is 3.45. The van der Waals surface area contributed by atoms with Gasteiger partial charge in [0.05, 0.1) is 25.0 Å². The second-order valence-corrected chi connectivity index (χ2v) is 4.55. The largest absolute Gasteiger partial charge is 0.497 e. The molecule has 1 aliphatic rings. The van der Waals surface area contributed by atoms with Gasteiger partial charge in [0.1, 0.15) is 11.8 Å². The number of anilines is 1. The molecule has 0 aliphatic carbocycles. The molecule has 1 fully saturated rings. The number of nitriles is 1. The summed E-state index contributed by atoms with van der Waals surface area (Å²) >= 11 is 0. The van der Waals surface area contributed by atoms with E-state index in [0.717, 1.165) is 44.2 Å². The van der Waals surface area contributed by atoms with Crippen LogP contribution in [0.3, 0.4) is 0 Å². The van der Waals surface area contributed by atoms with Gasteiger partial charge in [-0.25, -0.2) is 0 Å². The van der Waals surface area contributed by atoms with E-state index in [1.54, 1.807) is 13.2 Å². The number of aliphatic hydroxyl groups excluding tert-OH is 1. The van der Waals surface area contributed by atoms with Gasteiger partial charge in [-0.1, -0.05) is 0 Å². The Morgan fingerprint density at radius 3 is 2.63 bits per heavy atom. The van der Waals surface area contributed by atoms with Gasteiger partial charge in [0, 0.05) is 38.8 Å². The van der Waals surface area contributed by atoms with Gasteiger partial charge in [-0.2, -0.15) is 5.26 Å². The molecule has 2 rings (SSSR count). The molecule has 0 unspecified atom stereocenters. The highest BCUT2D eigenvalue weighted by Crippen LogP contribution is 2.26. The van der Waals surface area contributed by atoms with Crippen molar-refractivity contribution in [3.63, 3.8) is 0 Å². The molecule has 0 amide bonds. The molecule has 1 saturated heterocycles. The molecule has 1 N–H and O–H groups in total. The molecule has 1 heterocycles. The Morgan fingerprint density at radius 1 is 1.32 bits per heavy atom. The number of rotatable bonds is 4. The lowest BCUT2D eigenvalue weighted by atomic mass is 10.1. The molecule has 1 aromatic carbocycles. The molecule has 0 bridgehead atoms. The maximum atomic E-state index is 9.19. The average molecular weight is 261 g/mol. The summed E-state index contributed by atoms with van der Waals surface area (Å²) in [5.74, 6) is 0.770. The van der Waals surface area contributed by atoms with Crippen LogP contribution in [0.15, 0.2) is 18.2 Å². The zero-order chi connectivity index (χ0) is 13.7. The highest BCUT2D eigenvalue weighted by atomic mass is 16.5. The number of ether oxygens (including phenoxy) is 1. The molecule has 1 aliphatic heterocycles. The van der Waals surface area contributed by atoms with Crippen LogP contribution in [-0.4, -0.2) is 56.4 Å². The van der Waals surface area contributed by atoms with E-state index < -0.39 is 0 Å². The van der Waals surface area contributed by atoms with Gasteiger partial charge >= 0.3 is 0 Å². The fraction of sp³-hybridized carbons (Fsp3) is 0.500. The minimum atomic E-state index is 0.197. The molecule has 1 aromatic rings. The number of benzene rings is 1. The molecular weight excluding hydrogens is 242 g/mol. The standard InChI is InChI=1S/C14H19N3O2/c1-19-13-3-2-12(11-15)14(10-13)17-6-4-16(5-7-17)8-9-18/h2-3,10,18H,4-9H2,1H3. The molecule has 102 valence electrons. The highest BCUT2D eigenvalue weighted by Gasteiger charge is 2.19. The zero-order valence-corrected chi connectivity index (χ0v) is 11.2. The van der Waals surface area contributed by atoms with E-state index >= 15 is 0 Å². The molecule has 0 aromatic heterocycles. The third-order valence-electron chi connectivity index (χ3n) is 3.45. The summed E-state index contributed by atoms with van der Waals surface area (Å²) in [6.45, 7) is 4.45. The Bertz CT molecular complexity index is 462. The maximum Gasteiger partial charge on any atom is 0.121 e. The monoisotopic (exact) mass is 261 g/mol. The maximum absolute atomic E-state index is 9.19. The number of hydrogen-bond donors (Lipinski definition) is 1. The lowest BCUT2D eigenvalue weighted by Gasteiger charge is -2.36. The predicted octanol–water partition coefficient (Wildman–Crippen LogP) is 0.681. The summed E-state index contributed by atoms with van der Waals surface area (Å²) in [5.41, 5.74) is 1.61. The lowest BCUT2D eigenvalue weighted by Crippen LogP contribution is -2.47. The smallest absolute Gasteiger partial charge is 0.121 e. The van der Waals surface area contributed by atoms with Gasteiger partial charge in [0.2, 0.25) is 0 Å². The summed E-state index contributed by atoms with van der Waals surface area (Å²) in [5, 5.41) is 18.1. The van der Waals surface area contributed by atoms with Crippen molar-refractivity contribution in [2.24, 2.45) is 0 Å². The number of methoxy groups -OCH3 is 1. The zero-order valence-electron chi connectivity index (χ0n) is 11.2. The van der Waals surface area contributed by atoms with Gasteiger partial charge in [-0.3, -0.25) is 4.90 Å². The van der Waals surface area contributed by atoms with E-state index in [-0.39, 0.29) is 6.61 Å². The minimum absolute atomic E-state index is 0.197. The fourth-order valence-corrected chi connectivity index (χ4v) is 2.35. The molecule has 5 nitrogen and oxygen atoms in total. The molecule has 0 saturated carbocycles. The summed E-state index contributed by atoms with van der Waals surface area (Å²) in [6, 6.07) is 7.76. The third kappa shape index (κ3) is 3.16. The second kappa shape index (κ2) is 6.41. The summed E-state index contributed by atoms with van der Waals surface area (Å²) in [6.07, 6.45) is 0. The summed E-state index contributed by atoms with van der Waals surface area (Å²) < 4.78 is 5.23. The fourth-order valence-electron chi connectivity index (χ4n) is 2.35. The molecule has 0 atom stereocenters. The van der Waals surface area contributed by atoms with E-state index in [9.17, 15) is 5.26 Å². The van der Waals surface area contributed by atoms with Crippen molar-refractivity contribution in [1.29, 1.82) is 5.26 Å². The van der Waals surface area contributed by atoms with Crippen molar-refractivity contribution in [3.8, 4) is 11.8 Å². The van der Waals surface area contributed by atoms with Crippen molar-refractivity contribution in [3.05, 3.63) is 23.8 Å². The normalized spacial score (nSPS) is 16.2. The molecule has 5 heteroatoms. The van der Waals surface area contributed by atoms with Crippen LogP contribution in [0, 0.1) is 11.3 Å². The Balaban J connectivity index is 2.12. The van der Waals surface area contributed by atoms with Crippen molar-refractivity contribution in [2.45, 2.75) is 0 Å². The molecule has 0 spiro atoms. The second-order valence-electron chi connectivity index (χ2n) is 4.55. The quantitative estimate of drug-likeness (QED) is 0.863. The van der Waals surface area contributed by atoms with Gasteiger partial charge < -0.3 is 14.7 Å². The Labute approximate surface area is 113 Å². The summed E-state index contributed by atoms with van der Waals surface area (Å²) in [4.78, 5) is 4.43. The molecule has 19 heavy (non-hydrogen) atoms. The van der Waals surface area contributed by atoms with E-state index in [1.165, 1.54) is 0 Å². The Morgan fingerprint density at radius 2 is 2.05 bits per heavy atom. The Kier molecular flexibility index (Phi) is 4.61. The van der Waals surface area contributed by atoms with E-state index in [2.05, 4.69) is 15.9 Å². The number of aliphatic hydroxyl groups is 1. The summed E-state index contributed by atoms with van der Waals surface area (Å²) in [7, 11) is 1.63. The number of piperazine rings is 1. The molecular formula is C14H19N3O2. The van der Waals surface area contributed by atoms with Crippen molar-refractivity contribution < 1.29 is 9.84 Å². The first-order chi connectivity index (χ1) is 9.28. The topological polar surface area (TPSA) is 59.7 Å². The van der Waals surface area contributed by atoms with Crippen molar-refractivity contribution >= 4 is 5.69 Å².